The monoisotopic (exact) mass is 204 g/mol. The Morgan fingerprint density at radius 2 is 1.64 bits per heavy atom. The third kappa shape index (κ3) is 7.96. The van der Waals surface area contributed by atoms with Crippen molar-refractivity contribution >= 4 is 0 Å². The fourth-order valence-corrected chi connectivity index (χ4v) is 0.930. The first-order valence-electron chi connectivity index (χ1n) is 5.33. The topological polar surface area (TPSA) is 0 Å². The molecule has 2 heteroatoms. The van der Waals surface area contributed by atoms with Gasteiger partial charge in [-0.05, 0) is 25.8 Å². The smallest absolute Gasteiger partial charge is 0.154 e. The van der Waals surface area contributed by atoms with Crippen molar-refractivity contribution in [3.05, 3.63) is 23.3 Å². The molecule has 0 aliphatic heterocycles. The molecule has 0 spiro atoms. The zero-order valence-corrected chi connectivity index (χ0v) is 9.95. The number of hydrogen-bond donors (Lipinski definition) is 0. The minimum Gasteiger partial charge on any atom is -0.209 e. The summed E-state index contributed by atoms with van der Waals surface area (Å²) in [6, 6.07) is 0. The molecule has 0 bridgehead atoms. The summed E-state index contributed by atoms with van der Waals surface area (Å²) < 4.78 is 25.4. The molecule has 0 radical (unpaired) electrons. The second-order valence-electron chi connectivity index (χ2n) is 2.85. The van der Waals surface area contributed by atoms with Crippen molar-refractivity contribution < 1.29 is 8.78 Å². The molecule has 0 amide bonds. The van der Waals surface area contributed by atoms with E-state index in [1.807, 2.05) is 27.7 Å². The molecule has 0 heterocycles. The maximum atomic E-state index is 12.8. The zero-order chi connectivity index (χ0) is 11.6. The first-order chi connectivity index (χ1) is 6.61. The van der Waals surface area contributed by atoms with Gasteiger partial charge in [0.25, 0.3) is 0 Å². The van der Waals surface area contributed by atoms with E-state index in [0.717, 1.165) is 18.4 Å². The lowest BCUT2D eigenvalue weighted by Crippen LogP contribution is -1.79. The minimum absolute atomic E-state index is 0.127. The molecule has 0 aromatic heterocycles. The predicted octanol–water partition coefficient (Wildman–Crippen LogP) is 5.32. The Labute approximate surface area is 86.7 Å². The van der Waals surface area contributed by atoms with Gasteiger partial charge in [0.2, 0.25) is 0 Å². The Morgan fingerprint density at radius 1 is 1.14 bits per heavy atom. The standard InChI is InChI=1S/C10H16F2.C2H6/c1-4-6-8(3)7-10(12)9(11)5-2;1-2/h7H,4-6H2,1-3H3;1-2H3/b8-7+,10-9-;. The Hall–Kier alpha value is -0.660. The van der Waals surface area contributed by atoms with Gasteiger partial charge in [0.15, 0.2) is 5.83 Å². The fraction of sp³-hybridized carbons (Fsp3) is 0.667. The zero-order valence-electron chi connectivity index (χ0n) is 9.95. The summed E-state index contributed by atoms with van der Waals surface area (Å²) in [6.07, 6.45) is 3.19. The van der Waals surface area contributed by atoms with Crippen molar-refractivity contribution in [2.24, 2.45) is 0 Å². The third-order valence-corrected chi connectivity index (χ3v) is 1.59. The van der Waals surface area contributed by atoms with E-state index < -0.39 is 11.7 Å². The van der Waals surface area contributed by atoms with Crippen LogP contribution in [0.15, 0.2) is 23.3 Å². The Bertz CT molecular complexity index is 190. The van der Waals surface area contributed by atoms with Crippen LogP contribution in [0, 0.1) is 0 Å². The van der Waals surface area contributed by atoms with E-state index in [0.29, 0.717) is 0 Å². The molecular formula is C12H22F2. The average molecular weight is 204 g/mol. The first-order valence-corrected chi connectivity index (χ1v) is 5.33. The maximum absolute atomic E-state index is 12.8. The van der Waals surface area contributed by atoms with E-state index in [4.69, 9.17) is 0 Å². The molecule has 0 saturated carbocycles. The predicted molar refractivity (Wildman–Crippen MR) is 59.5 cm³/mol. The van der Waals surface area contributed by atoms with Gasteiger partial charge in [-0.15, -0.1) is 0 Å². The summed E-state index contributed by atoms with van der Waals surface area (Å²) in [5.41, 5.74) is 0.888. The highest BCUT2D eigenvalue weighted by atomic mass is 19.2. The third-order valence-electron chi connectivity index (χ3n) is 1.59. The molecule has 0 aromatic carbocycles. The Balaban J connectivity index is 0. The van der Waals surface area contributed by atoms with E-state index >= 15 is 0 Å². The lowest BCUT2D eigenvalue weighted by atomic mass is 10.1. The number of allylic oxidation sites excluding steroid dienone is 4. The summed E-state index contributed by atoms with van der Waals surface area (Å²) in [6.45, 7) is 9.42. The quantitative estimate of drug-likeness (QED) is 0.544. The molecular weight excluding hydrogens is 182 g/mol. The van der Waals surface area contributed by atoms with Gasteiger partial charge in [0.1, 0.15) is 5.83 Å². The van der Waals surface area contributed by atoms with E-state index in [9.17, 15) is 8.78 Å². The highest BCUT2D eigenvalue weighted by Crippen LogP contribution is 2.16. The SMILES string of the molecule is CC.CCC/C(C)=C/C(F)=C(/F)CC. The van der Waals surface area contributed by atoms with E-state index in [1.54, 1.807) is 6.92 Å². The molecule has 14 heavy (non-hydrogen) atoms. The lowest BCUT2D eigenvalue weighted by Gasteiger charge is -1.97. The average Bonchev–Trinajstić information content (AvgIpc) is 2.19. The van der Waals surface area contributed by atoms with E-state index in [1.165, 1.54) is 6.08 Å². The largest absolute Gasteiger partial charge is 0.209 e. The van der Waals surface area contributed by atoms with Crippen LogP contribution in [0.2, 0.25) is 0 Å². The fourth-order valence-electron chi connectivity index (χ4n) is 0.930. The van der Waals surface area contributed by atoms with Crippen LogP contribution in [-0.4, -0.2) is 0 Å². The first kappa shape index (κ1) is 15.8. The molecule has 0 aromatic rings. The van der Waals surface area contributed by atoms with Gasteiger partial charge in [-0.1, -0.05) is 39.7 Å². The molecule has 0 rings (SSSR count). The Morgan fingerprint density at radius 3 is 2.00 bits per heavy atom. The molecule has 0 unspecified atom stereocenters. The molecule has 0 aliphatic carbocycles. The summed E-state index contributed by atoms with van der Waals surface area (Å²) in [5.74, 6) is -1.38. The summed E-state index contributed by atoms with van der Waals surface area (Å²) in [7, 11) is 0. The number of hydrogen-bond acceptors (Lipinski definition) is 0. The van der Waals surface area contributed by atoms with Crippen LogP contribution in [0.25, 0.3) is 0 Å². The van der Waals surface area contributed by atoms with Crippen LogP contribution < -0.4 is 0 Å². The van der Waals surface area contributed by atoms with Gasteiger partial charge in [-0.3, -0.25) is 0 Å². The van der Waals surface area contributed by atoms with Gasteiger partial charge in [-0.2, -0.15) is 0 Å². The van der Waals surface area contributed by atoms with Crippen molar-refractivity contribution in [2.45, 2.75) is 53.9 Å². The molecule has 0 atom stereocenters. The van der Waals surface area contributed by atoms with Crippen LogP contribution in [-0.2, 0) is 0 Å². The summed E-state index contributed by atoms with van der Waals surface area (Å²) in [4.78, 5) is 0. The minimum atomic E-state index is -0.719. The summed E-state index contributed by atoms with van der Waals surface area (Å²) in [5, 5.41) is 0. The molecule has 0 N–H and O–H groups in total. The van der Waals surface area contributed by atoms with Crippen LogP contribution >= 0.6 is 0 Å². The van der Waals surface area contributed by atoms with E-state index in [2.05, 4.69) is 0 Å². The number of rotatable bonds is 4. The van der Waals surface area contributed by atoms with Gasteiger partial charge in [0, 0.05) is 0 Å². The normalized spacial score (nSPS) is 12.9. The molecule has 0 nitrogen and oxygen atoms in total. The molecule has 0 saturated heterocycles. The molecule has 0 fully saturated rings. The number of halogens is 2. The van der Waals surface area contributed by atoms with Crippen LogP contribution in [0.4, 0.5) is 8.78 Å². The molecule has 84 valence electrons. The summed E-state index contributed by atoms with van der Waals surface area (Å²) >= 11 is 0. The molecule has 0 aliphatic rings. The lowest BCUT2D eigenvalue weighted by molar-refractivity contribution is 0.531. The Kier molecular flexibility index (Phi) is 11.8. The van der Waals surface area contributed by atoms with Gasteiger partial charge in [-0.25, -0.2) is 8.78 Å². The van der Waals surface area contributed by atoms with Crippen LogP contribution in [0.1, 0.15) is 53.9 Å². The van der Waals surface area contributed by atoms with Crippen molar-refractivity contribution in [1.82, 2.24) is 0 Å². The highest BCUT2D eigenvalue weighted by Gasteiger charge is 2.00. The van der Waals surface area contributed by atoms with Gasteiger partial charge < -0.3 is 0 Å². The maximum Gasteiger partial charge on any atom is 0.154 e. The van der Waals surface area contributed by atoms with Crippen molar-refractivity contribution in [3.63, 3.8) is 0 Å². The van der Waals surface area contributed by atoms with Crippen LogP contribution in [0.3, 0.4) is 0 Å². The van der Waals surface area contributed by atoms with Crippen molar-refractivity contribution in [2.75, 3.05) is 0 Å². The highest BCUT2D eigenvalue weighted by molar-refractivity contribution is 5.19. The van der Waals surface area contributed by atoms with Gasteiger partial charge in [0.05, 0.1) is 0 Å². The van der Waals surface area contributed by atoms with Gasteiger partial charge >= 0.3 is 0 Å². The van der Waals surface area contributed by atoms with E-state index in [-0.39, 0.29) is 6.42 Å². The van der Waals surface area contributed by atoms with Crippen molar-refractivity contribution in [3.8, 4) is 0 Å². The van der Waals surface area contributed by atoms with Crippen LogP contribution in [0.5, 0.6) is 0 Å². The second-order valence-corrected chi connectivity index (χ2v) is 2.85. The second kappa shape index (κ2) is 10.4. The van der Waals surface area contributed by atoms with Crippen molar-refractivity contribution in [1.29, 1.82) is 0 Å².